The number of rotatable bonds is 5. The van der Waals surface area contributed by atoms with Crippen molar-refractivity contribution in [2.45, 2.75) is 26.7 Å². The van der Waals surface area contributed by atoms with E-state index in [0.29, 0.717) is 0 Å². The van der Waals surface area contributed by atoms with Crippen molar-refractivity contribution < 1.29 is 5.11 Å². The lowest BCUT2D eigenvalue weighted by atomic mass is 9.92. The third-order valence-corrected chi connectivity index (χ3v) is 4.26. The second-order valence-corrected chi connectivity index (χ2v) is 6.42. The molecule has 1 atom stereocenters. The predicted octanol–water partition coefficient (Wildman–Crippen LogP) is 4.46. The molecular formula is C18H21BrO. The van der Waals surface area contributed by atoms with Gasteiger partial charge in [-0.2, -0.15) is 0 Å². The molecule has 106 valence electrons. The van der Waals surface area contributed by atoms with E-state index in [0.717, 1.165) is 17.3 Å². The van der Waals surface area contributed by atoms with Gasteiger partial charge in [-0.25, -0.2) is 0 Å². The van der Waals surface area contributed by atoms with E-state index in [9.17, 15) is 5.11 Å². The van der Waals surface area contributed by atoms with Gasteiger partial charge in [0.25, 0.3) is 0 Å². The van der Waals surface area contributed by atoms with Gasteiger partial charge in [0.15, 0.2) is 0 Å². The molecule has 0 saturated carbocycles. The lowest BCUT2D eigenvalue weighted by molar-refractivity contribution is 0.225. The van der Waals surface area contributed by atoms with E-state index in [1.54, 1.807) is 0 Å². The van der Waals surface area contributed by atoms with Crippen molar-refractivity contribution >= 4 is 15.9 Å². The largest absolute Gasteiger partial charge is 0.396 e. The fourth-order valence-corrected chi connectivity index (χ4v) is 2.91. The predicted molar refractivity (Wildman–Crippen MR) is 88.0 cm³/mol. The first-order valence-corrected chi connectivity index (χ1v) is 7.79. The Balaban J connectivity index is 2.07. The molecule has 20 heavy (non-hydrogen) atoms. The molecule has 2 aromatic carbocycles. The van der Waals surface area contributed by atoms with Gasteiger partial charge in [0.1, 0.15) is 0 Å². The lowest BCUT2D eigenvalue weighted by Gasteiger charge is -2.15. The van der Waals surface area contributed by atoms with Crippen LogP contribution in [-0.2, 0) is 12.8 Å². The molecule has 0 saturated heterocycles. The number of benzene rings is 2. The average Bonchev–Trinajstić information content (AvgIpc) is 2.42. The van der Waals surface area contributed by atoms with E-state index in [1.165, 1.54) is 22.3 Å². The van der Waals surface area contributed by atoms with E-state index in [1.807, 2.05) is 12.1 Å². The molecule has 0 aliphatic carbocycles. The molecule has 1 unspecified atom stereocenters. The molecular weight excluding hydrogens is 312 g/mol. The van der Waals surface area contributed by atoms with Crippen molar-refractivity contribution in [2.75, 3.05) is 6.61 Å². The zero-order valence-electron chi connectivity index (χ0n) is 12.1. The summed E-state index contributed by atoms with van der Waals surface area (Å²) < 4.78 is 1.10. The summed E-state index contributed by atoms with van der Waals surface area (Å²) in [5.74, 6) is 0.270. The number of hydrogen-bond donors (Lipinski definition) is 1. The van der Waals surface area contributed by atoms with Gasteiger partial charge in [-0.15, -0.1) is 0 Å². The molecule has 1 nitrogen and oxygen atoms in total. The van der Waals surface area contributed by atoms with Crippen LogP contribution in [0.1, 0.15) is 22.3 Å². The van der Waals surface area contributed by atoms with Gasteiger partial charge in [0.2, 0.25) is 0 Å². The Morgan fingerprint density at radius 3 is 2.25 bits per heavy atom. The number of hydrogen-bond acceptors (Lipinski definition) is 1. The molecule has 0 aromatic heterocycles. The minimum absolute atomic E-state index is 0.222. The molecule has 0 aliphatic heterocycles. The van der Waals surface area contributed by atoms with Gasteiger partial charge >= 0.3 is 0 Å². The van der Waals surface area contributed by atoms with Crippen molar-refractivity contribution in [2.24, 2.45) is 5.92 Å². The molecule has 2 rings (SSSR count). The number of aryl methyl sites for hydroxylation is 2. The Bertz CT molecular complexity index is 577. The van der Waals surface area contributed by atoms with Gasteiger partial charge in [-0.05, 0) is 67.0 Å². The van der Waals surface area contributed by atoms with Crippen LogP contribution < -0.4 is 0 Å². The van der Waals surface area contributed by atoms with Gasteiger partial charge in [-0.1, -0.05) is 46.3 Å². The third-order valence-electron chi connectivity index (χ3n) is 3.77. The summed E-state index contributed by atoms with van der Waals surface area (Å²) in [6.45, 7) is 4.49. The topological polar surface area (TPSA) is 20.2 Å². The fourth-order valence-electron chi connectivity index (χ4n) is 2.46. The third kappa shape index (κ3) is 4.19. The molecule has 2 heteroatoms. The SMILES string of the molecule is Cc1ccc(CC(CO)Cc2cccc(Br)c2)cc1C. The highest BCUT2D eigenvalue weighted by Gasteiger charge is 2.10. The molecule has 0 heterocycles. The van der Waals surface area contributed by atoms with Gasteiger partial charge in [0, 0.05) is 11.1 Å². The second-order valence-electron chi connectivity index (χ2n) is 5.51. The molecule has 0 bridgehead atoms. The monoisotopic (exact) mass is 332 g/mol. The fraction of sp³-hybridized carbons (Fsp3) is 0.333. The quantitative estimate of drug-likeness (QED) is 0.856. The summed E-state index contributed by atoms with van der Waals surface area (Å²) in [5, 5.41) is 9.63. The molecule has 0 aliphatic rings. The summed E-state index contributed by atoms with van der Waals surface area (Å²) in [6, 6.07) is 14.9. The van der Waals surface area contributed by atoms with Crippen molar-refractivity contribution in [3.8, 4) is 0 Å². The zero-order valence-corrected chi connectivity index (χ0v) is 13.7. The number of aliphatic hydroxyl groups is 1. The van der Waals surface area contributed by atoms with Crippen LogP contribution >= 0.6 is 15.9 Å². The van der Waals surface area contributed by atoms with Crippen LogP contribution in [0.5, 0.6) is 0 Å². The molecule has 0 amide bonds. The van der Waals surface area contributed by atoms with Crippen molar-refractivity contribution in [3.05, 3.63) is 69.2 Å². The normalized spacial score (nSPS) is 12.4. The van der Waals surface area contributed by atoms with Crippen molar-refractivity contribution in [1.29, 1.82) is 0 Å². The maximum Gasteiger partial charge on any atom is 0.0465 e. The highest BCUT2D eigenvalue weighted by Crippen LogP contribution is 2.19. The first-order valence-electron chi connectivity index (χ1n) is 7.00. The van der Waals surface area contributed by atoms with Gasteiger partial charge < -0.3 is 5.11 Å². The Labute approximate surface area is 129 Å². The number of halogens is 1. The highest BCUT2D eigenvalue weighted by molar-refractivity contribution is 9.10. The summed E-state index contributed by atoms with van der Waals surface area (Å²) in [6.07, 6.45) is 1.83. The smallest absolute Gasteiger partial charge is 0.0465 e. The molecule has 1 N–H and O–H groups in total. The minimum Gasteiger partial charge on any atom is -0.396 e. The Kier molecular flexibility index (Phi) is 5.38. The molecule has 0 radical (unpaired) electrons. The minimum atomic E-state index is 0.222. The second kappa shape index (κ2) is 7.05. The van der Waals surface area contributed by atoms with Crippen LogP contribution in [0.3, 0.4) is 0 Å². The highest BCUT2D eigenvalue weighted by atomic mass is 79.9. The van der Waals surface area contributed by atoms with Crippen LogP contribution in [0.15, 0.2) is 46.9 Å². The van der Waals surface area contributed by atoms with Crippen LogP contribution in [0.2, 0.25) is 0 Å². The van der Waals surface area contributed by atoms with E-state index in [-0.39, 0.29) is 12.5 Å². The summed E-state index contributed by atoms with van der Waals surface area (Å²) in [4.78, 5) is 0. The van der Waals surface area contributed by atoms with Crippen LogP contribution in [0, 0.1) is 19.8 Å². The average molecular weight is 333 g/mol. The van der Waals surface area contributed by atoms with E-state index < -0.39 is 0 Å². The van der Waals surface area contributed by atoms with Crippen LogP contribution in [0.4, 0.5) is 0 Å². The summed E-state index contributed by atoms with van der Waals surface area (Å²) >= 11 is 3.50. The van der Waals surface area contributed by atoms with Crippen LogP contribution in [-0.4, -0.2) is 11.7 Å². The van der Waals surface area contributed by atoms with Crippen molar-refractivity contribution in [1.82, 2.24) is 0 Å². The van der Waals surface area contributed by atoms with Gasteiger partial charge in [-0.3, -0.25) is 0 Å². The number of aliphatic hydroxyl groups excluding tert-OH is 1. The maximum absolute atomic E-state index is 9.63. The first-order chi connectivity index (χ1) is 9.58. The maximum atomic E-state index is 9.63. The lowest BCUT2D eigenvalue weighted by Crippen LogP contribution is -2.13. The first kappa shape index (κ1) is 15.3. The van der Waals surface area contributed by atoms with E-state index in [2.05, 4.69) is 60.1 Å². The standard InChI is InChI=1S/C18H21BrO/c1-13-6-7-16(8-14(13)2)10-17(12-20)9-15-4-3-5-18(19)11-15/h3-8,11,17,20H,9-10,12H2,1-2H3. The zero-order chi connectivity index (χ0) is 14.5. The van der Waals surface area contributed by atoms with Crippen LogP contribution in [0.25, 0.3) is 0 Å². The summed E-state index contributed by atoms with van der Waals surface area (Å²) in [7, 11) is 0. The molecule has 2 aromatic rings. The summed E-state index contributed by atoms with van der Waals surface area (Å²) in [5.41, 5.74) is 5.22. The van der Waals surface area contributed by atoms with Gasteiger partial charge in [0.05, 0.1) is 0 Å². The van der Waals surface area contributed by atoms with E-state index >= 15 is 0 Å². The Morgan fingerprint density at radius 1 is 0.950 bits per heavy atom. The van der Waals surface area contributed by atoms with E-state index in [4.69, 9.17) is 0 Å². The van der Waals surface area contributed by atoms with Crippen molar-refractivity contribution in [3.63, 3.8) is 0 Å². The molecule has 0 fully saturated rings. The molecule has 0 spiro atoms. The Morgan fingerprint density at radius 2 is 1.65 bits per heavy atom. The Hall–Kier alpha value is -1.12.